The molecule has 2 aliphatic heterocycles. The fraction of sp³-hybridized carbons (Fsp3) is 0.211. The van der Waals surface area contributed by atoms with E-state index in [0.717, 1.165) is 156 Å². The molecule has 0 atom stereocenters. The molecule has 0 spiro atoms. The van der Waals surface area contributed by atoms with Crippen molar-refractivity contribution in [3.63, 3.8) is 0 Å². The first-order chi connectivity index (χ1) is 41.5. The number of hydrogen-bond donors (Lipinski definition) is 0. The van der Waals surface area contributed by atoms with Gasteiger partial charge in [0.15, 0.2) is 0 Å². The number of nitrogens with zero attached hydrogens (tertiary/aromatic N) is 4. The summed E-state index contributed by atoms with van der Waals surface area (Å²) in [5.74, 6) is 0. The first-order valence-electron chi connectivity index (χ1n) is 29.8. The third-order valence-corrected chi connectivity index (χ3v) is 16.3. The molecule has 0 saturated carbocycles. The second-order valence-corrected chi connectivity index (χ2v) is 22.6. The lowest BCUT2D eigenvalue weighted by atomic mass is 9.82. The van der Waals surface area contributed by atoms with Crippen molar-refractivity contribution in [1.29, 1.82) is 0 Å². The van der Waals surface area contributed by atoms with Crippen molar-refractivity contribution in [3.8, 4) is 11.1 Å². The van der Waals surface area contributed by atoms with Crippen molar-refractivity contribution in [1.82, 2.24) is 0 Å². The quantitative estimate of drug-likeness (QED) is 0.0561. The van der Waals surface area contributed by atoms with Crippen LogP contribution in [0.2, 0.25) is 0 Å². The molecule has 8 nitrogen and oxygen atoms in total. The van der Waals surface area contributed by atoms with Crippen LogP contribution in [0.15, 0.2) is 267 Å². The van der Waals surface area contributed by atoms with Gasteiger partial charge in [-0.2, -0.15) is 0 Å². The van der Waals surface area contributed by atoms with Crippen LogP contribution in [-0.4, -0.2) is 39.6 Å². The van der Waals surface area contributed by atoms with Gasteiger partial charge in [0.25, 0.3) is 0 Å². The Morgan fingerprint density at radius 2 is 0.500 bits per heavy atom. The number of benzene rings is 10. The lowest BCUT2D eigenvalue weighted by Gasteiger charge is -2.41. The number of rotatable bonds is 25. The van der Waals surface area contributed by atoms with Gasteiger partial charge in [0.1, 0.15) is 0 Å². The van der Waals surface area contributed by atoms with Crippen molar-refractivity contribution in [3.05, 3.63) is 278 Å². The van der Waals surface area contributed by atoms with Gasteiger partial charge >= 0.3 is 0 Å². The predicted molar refractivity (Wildman–Crippen MR) is 346 cm³/mol. The second kappa shape index (κ2) is 26.2. The molecule has 10 aromatic rings. The molecule has 2 heterocycles. The van der Waals surface area contributed by atoms with Gasteiger partial charge in [-0.25, -0.2) is 0 Å². The Balaban J connectivity index is 0.831. The molecule has 2 fully saturated rings. The van der Waals surface area contributed by atoms with Crippen LogP contribution in [-0.2, 0) is 32.2 Å². The van der Waals surface area contributed by atoms with Crippen LogP contribution in [0.25, 0.3) is 11.1 Å². The molecular formula is C76H74N4O4. The smallest absolute Gasteiger partial charge is 0.0717 e. The highest BCUT2D eigenvalue weighted by molar-refractivity contribution is 5.84. The van der Waals surface area contributed by atoms with E-state index in [1.165, 1.54) is 0 Å². The van der Waals surface area contributed by atoms with Crippen molar-refractivity contribution in [2.45, 2.75) is 52.7 Å². The van der Waals surface area contributed by atoms with Gasteiger partial charge in [-0.3, -0.25) is 0 Å². The van der Waals surface area contributed by atoms with Crippen LogP contribution in [0.5, 0.6) is 0 Å². The van der Waals surface area contributed by atoms with Crippen LogP contribution >= 0.6 is 0 Å². The van der Waals surface area contributed by atoms with Crippen LogP contribution in [0.3, 0.4) is 0 Å². The van der Waals surface area contributed by atoms with Crippen LogP contribution in [0, 0.1) is 10.8 Å². The molecule has 0 bridgehead atoms. The molecule has 2 saturated heterocycles. The third kappa shape index (κ3) is 12.7. The topological polar surface area (TPSA) is 49.9 Å². The predicted octanol–water partition coefficient (Wildman–Crippen LogP) is 19.9. The van der Waals surface area contributed by atoms with E-state index >= 15 is 0 Å². The molecule has 0 aromatic heterocycles. The van der Waals surface area contributed by atoms with Crippen LogP contribution in [0.1, 0.15) is 50.7 Å². The van der Waals surface area contributed by atoms with Gasteiger partial charge in [0.2, 0.25) is 0 Å². The molecule has 0 amide bonds. The molecular weight excluding hydrogens is 1030 g/mol. The molecule has 0 unspecified atom stereocenters. The van der Waals surface area contributed by atoms with Gasteiger partial charge in [-0.15, -0.1) is 0 Å². The Bertz CT molecular complexity index is 3290. The molecule has 12 rings (SSSR count). The molecule has 422 valence electrons. The summed E-state index contributed by atoms with van der Waals surface area (Å²) in [7, 11) is 0. The SMILES string of the molecule is CCCC1(COCc2ccc(N(c3ccc(-c4ccc(N(c5ccc(COCC6(CCC)COC6)cc5)c5ccc(N(c6ccccc6)c6ccccc6)cc5)cc4)cc3)c3ccc(N(c4ccccc4)c4ccccc4)cc3)cc2)COC1. The molecule has 0 aliphatic carbocycles. The highest BCUT2D eigenvalue weighted by Gasteiger charge is 2.39. The highest BCUT2D eigenvalue weighted by atomic mass is 16.5. The van der Waals surface area contributed by atoms with Gasteiger partial charge in [0, 0.05) is 79.1 Å². The lowest BCUT2D eigenvalue weighted by molar-refractivity contribution is -0.155. The van der Waals surface area contributed by atoms with Gasteiger partial charge in [-0.1, -0.05) is 148 Å². The van der Waals surface area contributed by atoms with E-state index in [0.29, 0.717) is 13.2 Å². The summed E-state index contributed by atoms with van der Waals surface area (Å²) < 4.78 is 23.9. The summed E-state index contributed by atoms with van der Waals surface area (Å²) in [6, 6.07) is 95.5. The Morgan fingerprint density at radius 1 is 0.286 bits per heavy atom. The maximum atomic E-state index is 6.34. The average Bonchev–Trinajstić information content (AvgIpc) is 3.70. The van der Waals surface area contributed by atoms with Crippen LogP contribution in [0.4, 0.5) is 68.2 Å². The summed E-state index contributed by atoms with van der Waals surface area (Å²) >= 11 is 0. The first-order valence-corrected chi connectivity index (χ1v) is 29.8. The first kappa shape index (κ1) is 55.8. The van der Waals surface area contributed by atoms with E-state index in [-0.39, 0.29) is 10.8 Å². The maximum absolute atomic E-state index is 6.34. The lowest BCUT2D eigenvalue weighted by Crippen LogP contribution is -2.46. The average molecular weight is 1110 g/mol. The maximum Gasteiger partial charge on any atom is 0.0717 e. The molecule has 10 aromatic carbocycles. The van der Waals surface area contributed by atoms with Crippen LogP contribution < -0.4 is 19.6 Å². The van der Waals surface area contributed by atoms with E-state index in [9.17, 15) is 0 Å². The number of anilines is 12. The fourth-order valence-corrected chi connectivity index (χ4v) is 11.9. The summed E-state index contributed by atoms with van der Waals surface area (Å²) in [6.45, 7) is 10.2. The summed E-state index contributed by atoms with van der Waals surface area (Å²) in [6.07, 6.45) is 4.51. The van der Waals surface area contributed by atoms with Gasteiger partial charge in [-0.05, 0) is 181 Å². The second-order valence-electron chi connectivity index (χ2n) is 22.6. The Hall–Kier alpha value is -8.76. The molecule has 84 heavy (non-hydrogen) atoms. The zero-order valence-electron chi connectivity index (χ0n) is 48.3. The minimum absolute atomic E-state index is 0.151. The summed E-state index contributed by atoms with van der Waals surface area (Å²) in [4.78, 5) is 9.27. The Kier molecular flexibility index (Phi) is 17.4. The van der Waals surface area contributed by atoms with Gasteiger partial charge in [0.05, 0.1) is 52.9 Å². The van der Waals surface area contributed by atoms with E-state index in [1.54, 1.807) is 0 Å². The monoisotopic (exact) mass is 1110 g/mol. The fourth-order valence-electron chi connectivity index (χ4n) is 11.9. The third-order valence-electron chi connectivity index (χ3n) is 16.3. The van der Waals surface area contributed by atoms with Crippen molar-refractivity contribution in [2.75, 3.05) is 59.2 Å². The largest absolute Gasteiger partial charge is 0.380 e. The number of para-hydroxylation sites is 4. The van der Waals surface area contributed by atoms with E-state index in [1.807, 2.05) is 0 Å². The van der Waals surface area contributed by atoms with E-state index in [4.69, 9.17) is 18.9 Å². The Morgan fingerprint density at radius 3 is 0.714 bits per heavy atom. The standard InChI is InChI=1S/C76H74N4O4/c1-3-49-75(55-83-56-75)53-81-51-59-25-33-67(34-26-59)79(73-45-41-71(42-46-73)77(63-17-9-5-10-18-63)64-19-11-6-12-20-64)69-37-29-61(30-38-69)62-31-39-70(40-32-62)80(68-35-27-60(28-36-68)52-82-54-76(50-4-2)57-84-58-76)74-47-43-72(44-48-74)78(65-21-13-7-14-22-65)66-23-15-8-16-24-66/h5-48H,3-4,49-58H2,1-2H3. The van der Waals surface area contributed by atoms with Crippen molar-refractivity contribution < 1.29 is 18.9 Å². The summed E-state index contributed by atoms with van der Waals surface area (Å²) in [5.41, 5.74) is 17.7. The molecule has 0 N–H and O–H groups in total. The number of hydrogen-bond acceptors (Lipinski definition) is 8. The molecule has 8 heteroatoms. The minimum Gasteiger partial charge on any atom is -0.380 e. The van der Waals surface area contributed by atoms with Gasteiger partial charge < -0.3 is 38.5 Å². The zero-order valence-corrected chi connectivity index (χ0v) is 48.3. The van der Waals surface area contributed by atoms with E-state index in [2.05, 4.69) is 300 Å². The highest BCUT2D eigenvalue weighted by Crippen LogP contribution is 2.43. The Labute approximate surface area is 496 Å². The molecule has 2 aliphatic rings. The normalized spacial score (nSPS) is 14.0. The van der Waals surface area contributed by atoms with Crippen molar-refractivity contribution >= 4 is 68.2 Å². The van der Waals surface area contributed by atoms with Crippen molar-refractivity contribution in [2.24, 2.45) is 10.8 Å². The minimum atomic E-state index is 0.151. The molecule has 0 radical (unpaired) electrons. The summed E-state index contributed by atoms with van der Waals surface area (Å²) in [5, 5.41) is 0. The zero-order chi connectivity index (χ0) is 57.0. The number of ether oxygens (including phenoxy) is 4. The van der Waals surface area contributed by atoms with E-state index < -0.39 is 0 Å².